The van der Waals surface area contributed by atoms with Gasteiger partial charge in [0.15, 0.2) is 0 Å². The van der Waals surface area contributed by atoms with E-state index in [4.69, 9.17) is 5.73 Å². The van der Waals surface area contributed by atoms with Gasteiger partial charge in [-0.15, -0.1) is 0 Å². The summed E-state index contributed by atoms with van der Waals surface area (Å²) < 4.78 is 0. The molecule has 1 unspecified atom stereocenters. The van der Waals surface area contributed by atoms with Gasteiger partial charge in [0.2, 0.25) is 0 Å². The molecule has 67 valence electrons. The number of hydrogen-bond donors (Lipinski definition) is 1. The van der Waals surface area contributed by atoms with Crippen molar-refractivity contribution >= 4 is 0 Å². The molecule has 0 aliphatic carbocycles. The maximum absolute atomic E-state index is 5.50. The average molecular weight is 156 g/mol. The summed E-state index contributed by atoms with van der Waals surface area (Å²) in [7, 11) is 0. The lowest BCUT2D eigenvalue weighted by atomic mass is 9.95. The Kier molecular flexibility index (Phi) is 8.03. The van der Waals surface area contributed by atoms with Gasteiger partial charge in [0.25, 0.3) is 0 Å². The Labute approximate surface area is 71.4 Å². The third-order valence-corrected chi connectivity index (χ3v) is 2.26. The SMILES string of the molecule is C[CH]CCCC(CC)CCN. The van der Waals surface area contributed by atoms with Gasteiger partial charge in [-0.05, 0) is 25.3 Å². The van der Waals surface area contributed by atoms with Crippen LogP contribution in [0.1, 0.15) is 46.0 Å². The molecule has 0 aliphatic rings. The maximum Gasteiger partial charge on any atom is -0.00746 e. The zero-order valence-corrected chi connectivity index (χ0v) is 7.97. The van der Waals surface area contributed by atoms with Crippen LogP contribution in [0, 0.1) is 12.3 Å². The molecular formula is C10H22N. The molecule has 1 nitrogen and oxygen atoms in total. The molecule has 0 aromatic rings. The van der Waals surface area contributed by atoms with Crippen LogP contribution in [0.25, 0.3) is 0 Å². The molecule has 0 rings (SSSR count). The smallest absolute Gasteiger partial charge is 0.00746 e. The third-order valence-electron chi connectivity index (χ3n) is 2.26. The molecule has 2 N–H and O–H groups in total. The van der Waals surface area contributed by atoms with E-state index < -0.39 is 0 Å². The summed E-state index contributed by atoms with van der Waals surface area (Å²) in [4.78, 5) is 0. The molecule has 0 saturated carbocycles. The van der Waals surface area contributed by atoms with Gasteiger partial charge in [-0.2, -0.15) is 0 Å². The van der Waals surface area contributed by atoms with E-state index in [-0.39, 0.29) is 0 Å². The van der Waals surface area contributed by atoms with Crippen LogP contribution in [-0.2, 0) is 0 Å². The highest BCUT2D eigenvalue weighted by Crippen LogP contribution is 2.15. The molecule has 0 aromatic carbocycles. The zero-order valence-electron chi connectivity index (χ0n) is 7.97. The molecule has 1 radical (unpaired) electrons. The van der Waals surface area contributed by atoms with Gasteiger partial charge in [0, 0.05) is 0 Å². The summed E-state index contributed by atoms with van der Waals surface area (Å²) in [5.74, 6) is 0.875. The van der Waals surface area contributed by atoms with Crippen LogP contribution in [0.2, 0.25) is 0 Å². The van der Waals surface area contributed by atoms with Gasteiger partial charge in [-0.3, -0.25) is 0 Å². The summed E-state index contributed by atoms with van der Waals surface area (Å²) in [5, 5.41) is 0. The second-order valence-electron chi connectivity index (χ2n) is 3.19. The van der Waals surface area contributed by atoms with Crippen LogP contribution >= 0.6 is 0 Å². The molecule has 0 spiro atoms. The fourth-order valence-electron chi connectivity index (χ4n) is 1.40. The predicted molar refractivity (Wildman–Crippen MR) is 51.3 cm³/mol. The van der Waals surface area contributed by atoms with Crippen molar-refractivity contribution in [2.24, 2.45) is 11.7 Å². The molecule has 11 heavy (non-hydrogen) atoms. The summed E-state index contributed by atoms with van der Waals surface area (Å²) in [6.45, 7) is 5.24. The lowest BCUT2D eigenvalue weighted by Crippen LogP contribution is -2.07. The molecular weight excluding hydrogens is 134 g/mol. The highest BCUT2D eigenvalue weighted by Gasteiger charge is 2.03. The van der Waals surface area contributed by atoms with Gasteiger partial charge in [-0.25, -0.2) is 0 Å². The molecule has 0 bridgehead atoms. The fraction of sp³-hybridized carbons (Fsp3) is 0.900. The Hall–Kier alpha value is -0.0400. The monoisotopic (exact) mass is 156 g/mol. The maximum atomic E-state index is 5.50. The van der Waals surface area contributed by atoms with Gasteiger partial charge < -0.3 is 5.73 Å². The van der Waals surface area contributed by atoms with Crippen molar-refractivity contribution in [1.29, 1.82) is 0 Å². The minimum absolute atomic E-state index is 0.856. The van der Waals surface area contributed by atoms with Gasteiger partial charge in [-0.1, -0.05) is 39.5 Å². The first kappa shape index (κ1) is 11.0. The minimum Gasteiger partial charge on any atom is -0.330 e. The van der Waals surface area contributed by atoms with Crippen LogP contribution < -0.4 is 5.73 Å². The van der Waals surface area contributed by atoms with Crippen LogP contribution in [0.4, 0.5) is 0 Å². The average Bonchev–Trinajstić information content (AvgIpc) is 2.03. The van der Waals surface area contributed by atoms with Crippen LogP contribution in [0.3, 0.4) is 0 Å². The van der Waals surface area contributed by atoms with E-state index in [2.05, 4.69) is 20.3 Å². The Balaban J connectivity index is 3.20. The predicted octanol–water partition coefficient (Wildman–Crippen LogP) is 2.76. The third kappa shape index (κ3) is 6.36. The highest BCUT2D eigenvalue weighted by molar-refractivity contribution is 4.61. The first-order valence-electron chi connectivity index (χ1n) is 4.83. The molecule has 0 aliphatic heterocycles. The second kappa shape index (κ2) is 8.06. The Morgan fingerprint density at radius 1 is 1.36 bits per heavy atom. The lowest BCUT2D eigenvalue weighted by Gasteiger charge is -2.12. The van der Waals surface area contributed by atoms with Crippen molar-refractivity contribution < 1.29 is 0 Å². The summed E-state index contributed by atoms with van der Waals surface area (Å²) in [6, 6.07) is 0. The molecule has 1 heteroatoms. The zero-order chi connectivity index (χ0) is 8.53. The van der Waals surface area contributed by atoms with Crippen LogP contribution in [0.15, 0.2) is 0 Å². The van der Waals surface area contributed by atoms with Crippen LogP contribution in [-0.4, -0.2) is 6.54 Å². The lowest BCUT2D eigenvalue weighted by molar-refractivity contribution is 0.429. The summed E-state index contributed by atoms with van der Waals surface area (Å²) in [5.41, 5.74) is 5.50. The van der Waals surface area contributed by atoms with Crippen molar-refractivity contribution in [3.05, 3.63) is 6.42 Å². The molecule has 0 aromatic heterocycles. The van der Waals surface area contributed by atoms with Crippen molar-refractivity contribution in [2.45, 2.75) is 46.0 Å². The Morgan fingerprint density at radius 2 is 2.09 bits per heavy atom. The number of rotatable bonds is 7. The van der Waals surface area contributed by atoms with E-state index in [1.165, 1.54) is 32.1 Å². The van der Waals surface area contributed by atoms with E-state index in [9.17, 15) is 0 Å². The highest BCUT2D eigenvalue weighted by atomic mass is 14.5. The Bertz CT molecular complexity index is 71.3. The normalized spacial score (nSPS) is 13.4. The van der Waals surface area contributed by atoms with Crippen molar-refractivity contribution in [2.75, 3.05) is 6.54 Å². The summed E-state index contributed by atoms with van der Waals surface area (Å²) in [6.07, 6.45) is 8.71. The van der Waals surface area contributed by atoms with Crippen molar-refractivity contribution in [3.8, 4) is 0 Å². The van der Waals surface area contributed by atoms with Crippen molar-refractivity contribution in [1.82, 2.24) is 0 Å². The second-order valence-corrected chi connectivity index (χ2v) is 3.19. The topological polar surface area (TPSA) is 26.0 Å². The van der Waals surface area contributed by atoms with Gasteiger partial charge in [0.1, 0.15) is 0 Å². The minimum atomic E-state index is 0.856. The number of hydrogen-bond acceptors (Lipinski definition) is 1. The van der Waals surface area contributed by atoms with Crippen molar-refractivity contribution in [3.63, 3.8) is 0 Å². The largest absolute Gasteiger partial charge is 0.330 e. The number of nitrogens with two attached hydrogens (primary N) is 1. The van der Waals surface area contributed by atoms with E-state index in [1.807, 2.05) is 0 Å². The van der Waals surface area contributed by atoms with Crippen LogP contribution in [0.5, 0.6) is 0 Å². The number of unbranched alkanes of at least 4 members (excludes halogenated alkanes) is 2. The van der Waals surface area contributed by atoms with E-state index in [1.54, 1.807) is 0 Å². The first-order valence-corrected chi connectivity index (χ1v) is 4.83. The van der Waals surface area contributed by atoms with Gasteiger partial charge >= 0.3 is 0 Å². The van der Waals surface area contributed by atoms with Gasteiger partial charge in [0.05, 0.1) is 0 Å². The first-order chi connectivity index (χ1) is 5.35. The fourth-order valence-corrected chi connectivity index (χ4v) is 1.40. The van der Waals surface area contributed by atoms with E-state index >= 15 is 0 Å². The molecule has 0 heterocycles. The quantitative estimate of drug-likeness (QED) is 0.563. The Morgan fingerprint density at radius 3 is 2.55 bits per heavy atom. The summed E-state index contributed by atoms with van der Waals surface area (Å²) >= 11 is 0. The van der Waals surface area contributed by atoms with E-state index in [0.717, 1.165) is 12.5 Å². The molecule has 0 saturated heterocycles. The molecule has 0 fully saturated rings. The molecule has 1 atom stereocenters. The molecule has 0 amide bonds. The van der Waals surface area contributed by atoms with E-state index in [0.29, 0.717) is 0 Å². The standard InChI is InChI=1S/C10H22N/c1-3-5-6-7-10(4-2)8-9-11/h3,10H,4-9,11H2,1-2H3.